The fourth-order valence-corrected chi connectivity index (χ4v) is 0.881. The van der Waals surface area contributed by atoms with Gasteiger partial charge >= 0.3 is 5.97 Å². The van der Waals surface area contributed by atoms with Gasteiger partial charge in [-0.1, -0.05) is 33.8 Å². The van der Waals surface area contributed by atoms with Gasteiger partial charge in [-0.3, -0.25) is 0 Å². The number of allylic oxidation sites excluding steroid dienone is 1. The quantitative estimate of drug-likeness (QED) is 0.613. The Bertz CT molecular complexity index is 245. The van der Waals surface area contributed by atoms with Gasteiger partial charge in [0.25, 0.3) is 0 Å². The molecule has 0 spiro atoms. The molecule has 2 heteroatoms. The average Bonchev–Trinajstić information content (AvgIpc) is 2.64. The summed E-state index contributed by atoms with van der Waals surface area (Å²) in [4.78, 5) is 11.4. The third-order valence-electron chi connectivity index (χ3n) is 2.55. The van der Waals surface area contributed by atoms with E-state index in [4.69, 9.17) is 4.74 Å². The largest absolute Gasteiger partial charge is 0.459 e. The molecule has 0 amide bonds. The summed E-state index contributed by atoms with van der Waals surface area (Å²) < 4.78 is 5.30. The number of hydrogen-bond donors (Lipinski definition) is 0. The second-order valence-electron chi connectivity index (χ2n) is 4.82. The Labute approximate surface area is 80.0 Å². The van der Waals surface area contributed by atoms with Gasteiger partial charge in [-0.2, -0.15) is 0 Å². The lowest BCUT2D eigenvalue weighted by atomic mass is 9.90. The van der Waals surface area contributed by atoms with Crippen molar-refractivity contribution in [3.8, 4) is 0 Å². The van der Waals surface area contributed by atoms with E-state index in [0.29, 0.717) is 5.92 Å². The van der Waals surface area contributed by atoms with Crippen LogP contribution in [0, 0.1) is 11.3 Å². The summed E-state index contributed by atoms with van der Waals surface area (Å²) in [5.41, 5.74) is 0.852. The first-order valence-corrected chi connectivity index (χ1v) is 4.75. The molecule has 1 aliphatic rings. The molecule has 2 atom stereocenters. The number of rotatable bonds is 2. The van der Waals surface area contributed by atoms with E-state index in [2.05, 4.69) is 20.8 Å². The molecule has 0 N–H and O–H groups in total. The molecule has 0 aromatic carbocycles. The zero-order valence-electron chi connectivity index (χ0n) is 9.05. The maximum absolute atomic E-state index is 11.4. The summed E-state index contributed by atoms with van der Waals surface area (Å²) in [6.45, 7) is 10.1. The second-order valence-corrected chi connectivity index (χ2v) is 4.82. The minimum atomic E-state index is -0.144. The Morgan fingerprint density at radius 2 is 2.00 bits per heavy atom. The molecule has 0 saturated heterocycles. The van der Waals surface area contributed by atoms with E-state index in [1.807, 2.05) is 19.9 Å². The van der Waals surface area contributed by atoms with E-state index < -0.39 is 0 Å². The maximum Gasteiger partial charge on any atom is 0.334 e. The normalized spacial score (nSPS) is 23.5. The highest BCUT2D eigenvalue weighted by molar-refractivity contribution is 5.94. The Morgan fingerprint density at radius 3 is 2.31 bits per heavy atom. The van der Waals surface area contributed by atoms with Crippen molar-refractivity contribution in [1.29, 1.82) is 0 Å². The summed E-state index contributed by atoms with van der Waals surface area (Å²) in [7, 11) is 0. The van der Waals surface area contributed by atoms with Crippen molar-refractivity contribution in [2.75, 3.05) is 0 Å². The first-order valence-electron chi connectivity index (χ1n) is 4.75. The first-order chi connectivity index (χ1) is 5.82. The summed E-state index contributed by atoms with van der Waals surface area (Å²) in [5.74, 6) is 0.189. The molecule has 13 heavy (non-hydrogen) atoms. The number of carbonyl (C=O) groups is 1. The van der Waals surface area contributed by atoms with Gasteiger partial charge in [0.2, 0.25) is 0 Å². The third kappa shape index (κ3) is 2.58. The van der Waals surface area contributed by atoms with Crippen LogP contribution in [0.3, 0.4) is 0 Å². The molecule has 1 unspecified atom stereocenters. The van der Waals surface area contributed by atoms with Crippen LogP contribution in [0.2, 0.25) is 0 Å². The van der Waals surface area contributed by atoms with Gasteiger partial charge in [0.1, 0.15) is 6.10 Å². The predicted octanol–water partition coefficient (Wildman–Crippen LogP) is 2.54. The Morgan fingerprint density at radius 1 is 1.54 bits per heavy atom. The van der Waals surface area contributed by atoms with Crippen molar-refractivity contribution >= 4 is 5.97 Å². The zero-order chi connectivity index (χ0) is 10.2. The lowest BCUT2D eigenvalue weighted by Crippen LogP contribution is -2.28. The summed E-state index contributed by atoms with van der Waals surface area (Å²) in [6.07, 6.45) is 1.89. The van der Waals surface area contributed by atoms with Crippen LogP contribution in [0.25, 0.3) is 0 Å². The minimum Gasteiger partial charge on any atom is -0.459 e. The highest BCUT2D eigenvalue weighted by Crippen LogP contribution is 2.31. The molecule has 74 valence electrons. The number of hydrogen-bond acceptors (Lipinski definition) is 2. The standard InChI is InChI=1S/C11H18O2/c1-7-6-9(7)10(12)13-8(2)11(3,4)5/h6-8H,1-5H3/t7-,8?/m0/s1. The van der Waals surface area contributed by atoms with Gasteiger partial charge in [-0.15, -0.1) is 0 Å². The van der Waals surface area contributed by atoms with Gasteiger partial charge in [-0.25, -0.2) is 4.79 Å². The second kappa shape index (κ2) is 3.17. The fourth-order valence-electron chi connectivity index (χ4n) is 0.881. The van der Waals surface area contributed by atoms with Gasteiger partial charge in [-0.05, 0) is 12.3 Å². The van der Waals surface area contributed by atoms with E-state index in [1.54, 1.807) is 0 Å². The van der Waals surface area contributed by atoms with Crippen molar-refractivity contribution in [2.24, 2.45) is 11.3 Å². The molecule has 0 aromatic rings. The van der Waals surface area contributed by atoms with E-state index >= 15 is 0 Å². The molecular weight excluding hydrogens is 164 g/mol. The molecule has 0 fully saturated rings. The van der Waals surface area contributed by atoms with E-state index in [9.17, 15) is 4.79 Å². The lowest BCUT2D eigenvalue weighted by molar-refractivity contribution is -0.148. The van der Waals surface area contributed by atoms with Crippen LogP contribution in [0.4, 0.5) is 0 Å². The molecule has 0 radical (unpaired) electrons. The highest BCUT2D eigenvalue weighted by Gasteiger charge is 2.31. The van der Waals surface area contributed by atoms with Crippen LogP contribution in [-0.4, -0.2) is 12.1 Å². The van der Waals surface area contributed by atoms with Crippen LogP contribution in [-0.2, 0) is 9.53 Å². The molecule has 1 aliphatic carbocycles. The van der Waals surface area contributed by atoms with Gasteiger partial charge in [0, 0.05) is 11.5 Å². The topological polar surface area (TPSA) is 26.3 Å². The monoisotopic (exact) mass is 182 g/mol. The first kappa shape index (κ1) is 10.3. The summed E-state index contributed by atoms with van der Waals surface area (Å²) in [5, 5.41) is 0. The predicted molar refractivity (Wildman–Crippen MR) is 52.3 cm³/mol. The SMILES string of the molecule is CC(OC(=O)C1=C[C@@H]1C)C(C)(C)C. The van der Waals surface area contributed by atoms with Crippen LogP contribution >= 0.6 is 0 Å². The Kier molecular flexibility index (Phi) is 2.51. The smallest absolute Gasteiger partial charge is 0.334 e. The molecule has 0 heterocycles. The van der Waals surface area contributed by atoms with E-state index in [1.165, 1.54) is 0 Å². The Hall–Kier alpha value is -0.790. The highest BCUT2D eigenvalue weighted by atomic mass is 16.5. The van der Waals surface area contributed by atoms with Crippen molar-refractivity contribution in [2.45, 2.75) is 40.7 Å². The van der Waals surface area contributed by atoms with Crippen LogP contribution < -0.4 is 0 Å². The van der Waals surface area contributed by atoms with Gasteiger partial charge in [0.05, 0.1) is 0 Å². The van der Waals surface area contributed by atoms with Crippen molar-refractivity contribution < 1.29 is 9.53 Å². The van der Waals surface area contributed by atoms with Crippen LogP contribution in [0.15, 0.2) is 11.6 Å². The van der Waals surface area contributed by atoms with Crippen molar-refractivity contribution in [1.82, 2.24) is 0 Å². The molecule has 1 rings (SSSR count). The number of carbonyl (C=O) groups excluding carboxylic acids is 1. The average molecular weight is 182 g/mol. The van der Waals surface area contributed by atoms with Gasteiger partial charge in [0.15, 0.2) is 0 Å². The minimum absolute atomic E-state index is 0.0222. The summed E-state index contributed by atoms with van der Waals surface area (Å²) in [6, 6.07) is 0. The molecule has 2 nitrogen and oxygen atoms in total. The zero-order valence-corrected chi connectivity index (χ0v) is 9.05. The van der Waals surface area contributed by atoms with E-state index in [0.717, 1.165) is 5.57 Å². The van der Waals surface area contributed by atoms with E-state index in [-0.39, 0.29) is 17.5 Å². The maximum atomic E-state index is 11.4. The molecule has 0 bridgehead atoms. The fraction of sp³-hybridized carbons (Fsp3) is 0.727. The van der Waals surface area contributed by atoms with Crippen LogP contribution in [0.5, 0.6) is 0 Å². The number of esters is 1. The summed E-state index contributed by atoms with van der Waals surface area (Å²) >= 11 is 0. The van der Waals surface area contributed by atoms with Gasteiger partial charge < -0.3 is 4.74 Å². The number of ether oxygens (including phenoxy) is 1. The molecule has 0 aliphatic heterocycles. The van der Waals surface area contributed by atoms with Crippen molar-refractivity contribution in [3.05, 3.63) is 11.6 Å². The van der Waals surface area contributed by atoms with Crippen LogP contribution in [0.1, 0.15) is 34.6 Å². The lowest BCUT2D eigenvalue weighted by Gasteiger charge is -2.26. The molecule has 0 saturated carbocycles. The molecular formula is C11H18O2. The third-order valence-corrected chi connectivity index (χ3v) is 2.55. The molecule has 0 aromatic heterocycles. The Balaban J connectivity index is 2.41. The van der Waals surface area contributed by atoms with Crippen molar-refractivity contribution in [3.63, 3.8) is 0 Å².